The number of rotatable bonds is 55. The number of carbonyl (C=O) groups is 1. The monoisotopic (exact) mass is 976 g/mol. The van der Waals surface area contributed by atoms with Crippen molar-refractivity contribution in [1.82, 2.24) is 0 Å². The SMILES string of the molecule is CC/C=C\C/C=C\C/C=C\C/C=C\C/C=C\CCCCCCCCCCCC(=O)OC(COCCCCCCCCCCCCCCCCCCCCCCCCCC)COP(=O)(O)OCCN. The Labute approximate surface area is 421 Å². The Kier molecular flexibility index (Phi) is 54.6. The van der Waals surface area contributed by atoms with E-state index in [1.165, 1.54) is 180 Å². The summed E-state index contributed by atoms with van der Waals surface area (Å²) < 4.78 is 33.7. The molecule has 8 nitrogen and oxygen atoms in total. The molecule has 0 aliphatic rings. The summed E-state index contributed by atoms with van der Waals surface area (Å²) in [7, 11) is -4.29. The highest BCUT2D eigenvalue weighted by Gasteiger charge is 2.25. The number of ether oxygens (including phenoxy) is 2. The van der Waals surface area contributed by atoms with Gasteiger partial charge in [0.1, 0.15) is 6.10 Å². The van der Waals surface area contributed by atoms with Crippen molar-refractivity contribution in [3.63, 3.8) is 0 Å². The first kappa shape index (κ1) is 66.2. The van der Waals surface area contributed by atoms with Crippen LogP contribution >= 0.6 is 7.82 Å². The molecule has 0 aromatic carbocycles. The molecule has 2 unspecified atom stereocenters. The molecule has 0 spiro atoms. The molecule has 3 N–H and O–H groups in total. The van der Waals surface area contributed by atoms with Crippen LogP contribution in [0.3, 0.4) is 0 Å². The number of phosphoric ester groups is 1. The first-order valence-electron chi connectivity index (χ1n) is 28.8. The van der Waals surface area contributed by atoms with Gasteiger partial charge in [-0.15, -0.1) is 0 Å². The van der Waals surface area contributed by atoms with Gasteiger partial charge in [0.2, 0.25) is 0 Å². The lowest BCUT2D eigenvalue weighted by Gasteiger charge is -2.20. The van der Waals surface area contributed by atoms with Crippen LogP contribution in [0.5, 0.6) is 0 Å². The average molecular weight is 977 g/mol. The molecule has 0 aromatic rings. The summed E-state index contributed by atoms with van der Waals surface area (Å²) in [5, 5.41) is 0. The first-order chi connectivity index (χ1) is 33.4. The molecule has 0 rings (SSSR count). The van der Waals surface area contributed by atoms with Gasteiger partial charge < -0.3 is 20.1 Å². The van der Waals surface area contributed by atoms with Crippen molar-refractivity contribution in [3.8, 4) is 0 Å². The van der Waals surface area contributed by atoms with Crippen molar-refractivity contribution in [1.29, 1.82) is 0 Å². The molecular formula is C59H110NO7P. The predicted molar refractivity (Wildman–Crippen MR) is 293 cm³/mol. The quantitative estimate of drug-likeness (QED) is 0.0268. The minimum absolute atomic E-state index is 0.0971. The summed E-state index contributed by atoms with van der Waals surface area (Å²) >= 11 is 0. The van der Waals surface area contributed by atoms with E-state index in [0.29, 0.717) is 13.0 Å². The second-order valence-electron chi connectivity index (χ2n) is 19.1. The van der Waals surface area contributed by atoms with Crippen LogP contribution in [0.1, 0.15) is 271 Å². The minimum atomic E-state index is -4.29. The van der Waals surface area contributed by atoms with Crippen molar-refractivity contribution in [2.75, 3.05) is 33.0 Å². The summed E-state index contributed by atoms with van der Waals surface area (Å²) in [4.78, 5) is 22.7. The summed E-state index contributed by atoms with van der Waals surface area (Å²) in [5.74, 6) is -0.333. The number of phosphoric acid groups is 1. The van der Waals surface area contributed by atoms with E-state index in [1.54, 1.807) is 0 Å². The number of hydrogen-bond donors (Lipinski definition) is 2. The van der Waals surface area contributed by atoms with E-state index in [-0.39, 0.29) is 32.3 Å². The van der Waals surface area contributed by atoms with Crippen LogP contribution in [-0.2, 0) is 27.9 Å². The lowest BCUT2D eigenvalue weighted by molar-refractivity contribution is -0.154. The van der Waals surface area contributed by atoms with E-state index in [2.05, 4.69) is 74.6 Å². The van der Waals surface area contributed by atoms with E-state index in [4.69, 9.17) is 24.3 Å². The lowest BCUT2D eigenvalue weighted by atomic mass is 10.0. The van der Waals surface area contributed by atoms with Gasteiger partial charge in [-0.2, -0.15) is 0 Å². The highest BCUT2D eigenvalue weighted by atomic mass is 31.2. The van der Waals surface area contributed by atoms with Gasteiger partial charge in [-0.1, -0.05) is 267 Å². The van der Waals surface area contributed by atoms with Crippen molar-refractivity contribution in [3.05, 3.63) is 60.8 Å². The molecule has 0 heterocycles. The predicted octanol–water partition coefficient (Wildman–Crippen LogP) is 18.4. The van der Waals surface area contributed by atoms with Gasteiger partial charge in [-0.25, -0.2) is 4.57 Å². The van der Waals surface area contributed by atoms with Crippen LogP contribution in [0, 0.1) is 0 Å². The van der Waals surface area contributed by atoms with Crippen molar-refractivity contribution < 1.29 is 32.8 Å². The van der Waals surface area contributed by atoms with Gasteiger partial charge in [-0.05, 0) is 57.8 Å². The molecule has 0 radical (unpaired) electrons. The van der Waals surface area contributed by atoms with Crippen LogP contribution in [-0.4, -0.2) is 49.9 Å². The number of carbonyl (C=O) groups excluding carboxylic acids is 1. The number of unbranched alkanes of at least 4 members (excludes halogenated alkanes) is 32. The van der Waals surface area contributed by atoms with E-state index < -0.39 is 13.9 Å². The Balaban J connectivity index is 3.89. The van der Waals surface area contributed by atoms with Crippen LogP contribution in [0.4, 0.5) is 0 Å². The Morgan fingerprint density at radius 3 is 1.24 bits per heavy atom. The summed E-state index contributed by atoms with van der Waals surface area (Å²) in [6.45, 7) is 4.85. The molecule has 0 saturated heterocycles. The van der Waals surface area contributed by atoms with E-state index in [0.717, 1.165) is 70.6 Å². The lowest BCUT2D eigenvalue weighted by Crippen LogP contribution is -2.28. The number of nitrogens with two attached hydrogens (primary N) is 1. The summed E-state index contributed by atoms with van der Waals surface area (Å²) in [6.07, 6.45) is 71.3. The summed E-state index contributed by atoms with van der Waals surface area (Å²) in [5.41, 5.74) is 5.40. The molecule has 0 bridgehead atoms. The molecule has 68 heavy (non-hydrogen) atoms. The maximum atomic E-state index is 12.7. The Morgan fingerprint density at radius 2 is 0.824 bits per heavy atom. The van der Waals surface area contributed by atoms with Crippen LogP contribution < -0.4 is 5.73 Å². The highest BCUT2D eigenvalue weighted by molar-refractivity contribution is 7.47. The third-order valence-electron chi connectivity index (χ3n) is 12.4. The second-order valence-corrected chi connectivity index (χ2v) is 20.6. The Hall–Kier alpha value is -1.80. The fraction of sp³-hybridized carbons (Fsp3) is 0.814. The minimum Gasteiger partial charge on any atom is -0.457 e. The molecular weight excluding hydrogens is 866 g/mol. The zero-order chi connectivity index (χ0) is 49.4. The normalized spacial score (nSPS) is 13.6. The fourth-order valence-corrected chi connectivity index (χ4v) is 9.03. The molecule has 0 aliphatic heterocycles. The van der Waals surface area contributed by atoms with Crippen molar-refractivity contribution in [2.45, 2.75) is 277 Å². The molecule has 398 valence electrons. The van der Waals surface area contributed by atoms with Gasteiger partial charge in [0.05, 0.1) is 19.8 Å². The molecule has 0 aliphatic carbocycles. The zero-order valence-electron chi connectivity index (χ0n) is 44.6. The molecule has 0 aromatic heterocycles. The standard InChI is InChI=1S/C59H110NO7P/c1-3-5-7-9-11-13-15-17-19-21-23-25-27-29-30-32-34-36-38-40-42-44-46-48-50-52-59(61)67-58(57-66-68(62,63)65-55-53-60)56-64-54-51-49-47-45-43-41-39-37-35-33-31-28-26-24-22-20-18-16-14-12-10-8-6-4-2/h5,7,11,13,17,19,23,25,29-30,58H,3-4,6,8-10,12,14-16,18,20-22,24,26-28,31-57,60H2,1-2H3,(H,62,63)/b7-5-,13-11-,19-17-,25-23-,30-29-. The smallest absolute Gasteiger partial charge is 0.457 e. The number of esters is 1. The Morgan fingerprint density at radius 1 is 0.456 bits per heavy atom. The van der Waals surface area contributed by atoms with Crippen molar-refractivity contribution >= 4 is 13.8 Å². The topological polar surface area (TPSA) is 117 Å². The van der Waals surface area contributed by atoms with Gasteiger partial charge in [0.25, 0.3) is 0 Å². The molecule has 9 heteroatoms. The van der Waals surface area contributed by atoms with E-state index in [9.17, 15) is 14.3 Å². The van der Waals surface area contributed by atoms with Gasteiger partial charge in [-0.3, -0.25) is 13.8 Å². The van der Waals surface area contributed by atoms with Crippen LogP contribution in [0.15, 0.2) is 60.8 Å². The fourth-order valence-electron chi connectivity index (χ4n) is 8.26. The third-order valence-corrected chi connectivity index (χ3v) is 13.4. The van der Waals surface area contributed by atoms with Crippen molar-refractivity contribution in [2.24, 2.45) is 5.73 Å². The Bertz CT molecular complexity index is 1230. The molecule has 0 fully saturated rings. The molecule has 0 saturated carbocycles. The number of hydrogen-bond acceptors (Lipinski definition) is 7. The van der Waals surface area contributed by atoms with Gasteiger partial charge >= 0.3 is 13.8 Å². The average Bonchev–Trinajstić information content (AvgIpc) is 3.33. The molecule has 2 atom stereocenters. The molecule has 0 amide bonds. The van der Waals surface area contributed by atoms with E-state index in [1.807, 2.05) is 0 Å². The summed E-state index contributed by atoms with van der Waals surface area (Å²) in [6, 6.07) is 0. The van der Waals surface area contributed by atoms with E-state index >= 15 is 0 Å². The highest BCUT2D eigenvalue weighted by Crippen LogP contribution is 2.43. The second kappa shape index (κ2) is 56.1. The third kappa shape index (κ3) is 55.1. The number of allylic oxidation sites excluding steroid dienone is 10. The maximum absolute atomic E-state index is 12.7. The maximum Gasteiger partial charge on any atom is 0.472 e. The largest absolute Gasteiger partial charge is 0.472 e. The van der Waals surface area contributed by atoms with Gasteiger partial charge in [0, 0.05) is 19.6 Å². The van der Waals surface area contributed by atoms with Gasteiger partial charge in [0.15, 0.2) is 0 Å². The first-order valence-corrected chi connectivity index (χ1v) is 30.3. The van der Waals surface area contributed by atoms with Crippen LogP contribution in [0.2, 0.25) is 0 Å². The zero-order valence-corrected chi connectivity index (χ0v) is 45.5. The van der Waals surface area contributed by atoms with Crippen LogP contribution in [0.25, 0.3) is 0 Å².